The van der Waals surface area contributed by atoms with Gasteiger partial charge in [0.05, 0.1) is 6.10 Å². The molecule has 1 saturated heterocycles. The normalized spacial score (nSPS) is 18.5. The van der Waals surface area contributed by atoms with E-state index in [4.69, 9.17) is 4.52 Å². The lowest BCUT2D eigenvalue weighted by Crippen LogP contribution is -2.30. The molecule has 2 aromatic rings. The fraction of sp³-hybridized carbons (Fsp3) is 0.500. The van der Waals surface area contributed by atoms with Gasteiger partial charge in [-0.05, 0) is 44.0 Å². The number of aliphatic hydroxyl groups excluding tert-OH is 1. The molecule has 0 radical (unpaired) electrons. The molecule has 1 fully saturated rings. The van der Waals surface area contributed by atoms with Crippen molar-refractivity contribution in [2.75, 3.05) is 13.1 Å². The van der Waals surface area contributed by atoms with Crippen molar-refractivity contribution in [1.29, 1.82) is 0 Å². The van der Waals surface area contributed by atoms with E-state index in [1.807, 2.05) is 4.90 Å². The van der Waals surface area contributed by atoms with E-state index in [-0.39, 0.29) is 23.7 Å². The molecule has 1 N–H and O–H groups in total. The van der Waals surface area contributed by atoms with E-state index >= 15 is 0 Å². The molecule has 0 saturated carbocycles. The second-order valence-electron chi connectivity index (χ2n) is 6.50. The Morgan fingerprint density at radius 1 is 1.44 bits per heavy atom. The fourth-order valence-electron chi connectivity index (χ4n) is 3.03. The van der Waals surface area contributed by atoms with E-state index in [1.165, 1.54) is 12.1 Å². The van der Waals surface area contributed by atoms with E-state index in [0.29, 0.717) is 49.6 Å². The average molecular weight is 347 g/mol. The Bertz CT molecular complexity index is 715. The molecule has 1 amide bonds. The van der Waals surface area contributed by atoms with E-state index in [2.05, 4.69) is 10.1 Å². The van der Waals surface area contributed by atoms with Crippen LogP contribution in [0.2, 0.25) is 0 Å². The van der Waals surface area contributed by atoms with E-state index in [9.17, 15) is 14.3 Å². The number of aromatic nitrogens is 2. The summed E-state index contributed by atoms with van der Waals surface area (Å²) in [6, 6.07) is 5.89. The Hall–Kier alpha value is -2.28. The minimum Gasteiger partial charge on any atom is -0.393 e. The number of hydrogen-bond donors (Lipinski definition) is 1. The first-order valence-corrected chi connectivity index (χ1v) is 8.57. The van der Waals surface area contributed by atoms with Crippen LogP contribution in [0.3, 0.4) is 0 Å². The van der Waals surface area contributed by atoms with Crippen LogP contribution in [-0.2, 0) is 11.2 Å². The quantitative estimate of drug-likeness (QED) is 0.868. The second-order valence-corrected chi connectivity index (χ2v) is 6.50. The maximum absolute atomic E-state index is 12.9. The summed E-state index contributed by atoms with van der Waals surface area (Å²) >= 11 is 0. The first kappa shape index (κ1) is 17.5. The molecule has 1 aromatic heterocycles. The molecule has 134 valence electrons. The molecule has 2 unspecified atom stereocenters. The predicted octanol–water partition coefficient (Wildman–Crippen LogP) is 2.43. The highest BCUT2D eigenvalue weighted by atomic mass is 19.1. The molecule has 0 aliphatic carbocycles. The van der Waals surface area contributed by atoms with Gasteiger partial charge in [-0.1, -0.05) is 5.16 Å². The van der Waals surface area contributed by atoms with Gasteiger partial charge in [-0.2, -0.15) is 4.98 Å². The maximum atomic E-state index is 12.9. The van der Waals surface area contributed by atoms with Crippen molar-refractivity contribution in [3.05, 3.63) is 36.0 Å². The highest BCUT2D eigenvalue weighted by molar-refractivity contribution is 5.76. The maximum Gasteiger partial charge on any atom is 0.226 e. The number of aryl methyl sites for hydroxylation is 1. The molecular weight excluding hydrogens is 325 g/mol. The largest absolute Gasteiger partial charge is 0.393 e. The fourth-order valence-corrected chi connectivity index (χ4v) is 3.03. The van der Waals surface area contributed by atoms with Crippen molar-refractivity contribution in [2.24, 2.45) is 5.92 Å². The summed E-state index contributed by atoms with van der Waals surface area (Å²) in [5.41, 5.74) is 0.689. The minimum absolute atomic E-state index is 0.0985. The average Bonchev–Trinajstić information content (AvgIpc) is 3.25. The molecule has 2 atom stereocenters. The lowest BCUT2D eigenvalue weighted by atomic mass is 10.0. The summed E-state index contributed by atoms with van der Waals surface area (Å²) < 4.78 is 18.1. The Balaban J connectivity index is 1.46. The molecule has 7 heteroatoms. The van der Waals surface area contributed by atoms with Crippen LogP contribution in [0.4, 0.5) is 4.39 Å². The number of carbonyl (C=O) groups is 1. The minimum atomic E-state index is -0.374. The molecule has 2 heterocycles. The number of nitrogens with zero attached hydrogens (tertiary/aromatic N) is 3. The van der Waals surface area contributed by atoms with Gasteiger partial charge in [-0.25, -0.2) is 4.39 Å². The molecule has 0 bridgehead atoms. The third kappa shape index (κ3) is 4.42. The van der Waals surface area contributed by atoms with Gasteiger partial charge in [-0.3, -0.25) is 4.79 Å². The van der Waals surface area contributed by atoms with Gasteiger partial charge >= 0.3 is 0 Å². The van der Waals surface area contributed by atoms with Gasteiger partial charge in [-0.15, -0.1) is 0 Å². The van der Waals surface area contributed by atoms with Gasteiger partial charge in [0.25, 0.3) is 0 Å². The Morgan fingerprint density at radius 2 is 2.20 bits per heavy atom. The summed E-state index contributed by atoms with van der Waals surface area (Å²) in [6.07, 6.45) is 2.04. The number of benzene rings is 1. The number of likely N-dealkylation sites (tertiary alicyclic amines) is 1. The molecule has 1 aliphatic heterocycles. The van der Waals surface area contributed by atoms with Crippen LogP contribution in [0.25, 0.3) is 11.4 Å². The molecule has 0 spiro atoms. The molecule has 25 heavy (non-hydrogen) atoms. The summed E-state index contributed by atoms with van der Waals surface area (Å²) in [7, 11) is 0. The number of aliphatic hydroxyl groups is 1. The van der Waals surface area contributed by atoms with Gasteiger partial charge in [0.15, 0.2) is 0 Å². The molecule has 1 aromatic carbocycles. The van der Waals surface area contributed by atoms with Crippen LogP contribution in [0.5, 0.6) is 0 Å². The van der Waals surface area contributed by atoms with Crippen molar-refractivity contribution in [3.8, 4) is 11.4 Å². The number of rotatable bonds is 6. The van der Waals surface area contributed by atoms with Crippen LogP contribution in [0.15, 0.2) is 28.8 Å². The summed E-state index contributed by atoms with van der Waals surface area (Å²) in [6.45, 7) is 3.11. The van der Waals surface area contributed by atoms with Gasteiger partial charge in [0, 0.05) is 37.4 Å². The zero-order valence-electron chi connectivity index (χ0n) is 14.2. The lowest BCUT2D eigenvalue weighted by molar-refractivity contribution is -0.130. The molecule has 3 rings (SSSR count). The molecule has 1 aliphatic rings. The van der Waals surface area contributed by atoms with Crippen LogP contribution in [-0.4, -0.2) is 45.2 Å². The second kappa shape index (κ2) is 7.74. The molecule has 6 nitrogen and oxygen atoms in total. The van der Waals surface area contributed by atoms with Crippen molar-refractivity contribution in [3.63, 3.8) is 0 Å². The number of carbonyl (C=O) groups excluding carboxylic acids is 1. The monoisotopic (exact) mass is 347 g/mol. The van der Waals surface area contributed by atoms with Crippen molar-refractivity contribution in [2.45, 2.75) is 38.7 Å². The topological polar surface area (TPSA) is 79.5 Å². The van der Waals surface area contributed by atoms with Crippen LogP contribution in [0, 0.1) is 11.7 Å². The lowest BCUT2D eigenvalue weighted by Gasteiger charge is -2.17. The standard InChI is InChI=1S/C18H22FN3O3/c1-12(23)14-9-10-22(11-14)17(24)4-2-3-16-20-18(21-25-16)13-5-7-15(19)8-6-13/h5-8,12,14,23H,2-4,9-11H2,1H3. The van der Waals surface area contributed by atoms with Gasteiger partial charge in [0.2, 0.25) is 17.6 Å². The Labute approximate surface area is 145 Å². The molecular formula is C18H22FN3O3. The SMILES string of the molecule is CC(O)C1CCN(C(=O)CCCc2nc(-c3ccc(F)cc3)no2)C1. The predicted molar refractivity (Wildman–Crippen MR) is 89.0 cm³/mol. The van der Waals surface area contributed by atoms with Crippen molar-refractivity contribution >= 4 is 5.91 Å². The zero-order valence-corrected chi connectivity index (χ0v) is 14.2. The van der Waals surface area contributed by atoms with Gasteiger partial charge in [0.1, 0.15) is 5.82 Å². The first-order chi connectivity index (χ1) is 12.0. The zero-order chi connectivity index (χ0) is 17.8. The summed E-state index contributed by atoms with van der Waals surface area (Å²) in [5.74, 6) is 0.848. The van der Waals surface area contributed by atoms with Gasteiger partial charge < -0.3 is 14.5 Å². The summed E-state index contributed by atoms with van der Waals surface area (Å²) in [4.78, 5) is 18.3. The van der Waals surface area contributed by atoms with E-state index in [1.54, 1.807) is 19.1 Å². The Kier molecular flexibility index (Phi) is 5.43. The van der Waals surface area contributed by atoms with E-state index in [0.717, 1.165) is 6.42 Å². The van der Waals surface area contributed by atoms with Crippen LogP contribution < -0.4 is 0 Å². The van der Waals surface area contributed by atoms with Crippen molar-refractivity contribution in [1.82, 2.24) is 15.0 Å². The van der Waals surface area contributed by atoms with Crippen LogP contribution >= 0.6 is 0 Å². The highest BCUT2D eigenvalue weighted by Crippen LogP contribution is 2.21. The highest BCUT2D eigenvalue weighted by Gasteiger charge is 2.28. The number of hydrogen-bond acceptors (Lipinski definition) is 5. The number of halogens is 1. The first-order valence-electron chi connectivity index (χ1n) is 8.57. The smallest absolute Gasteiger partial charge is 0.226 e. The summed E-state index contributed by atoms with van der Waals surface area (Å²) in [5, 5.41) is 13.5. The van der Waals surface area contributed by atoms with Crippen LogP contribution in [0.1, 0.15) is 32.1 Å². The number of amides is 1. The Morgan fingerprint density at radius 3 is 2.88 bits per heavy atom. The van der Waals surface area contributed by atoms with Crippen molar-refractivity contribution < 1.29 is 18.8 Å². The third-order valence-electron chi connectivity index (χ3n) is 4.61. The third-order valence-corrected chi connectivity index (χ3v) is 4.61. The van der Waals surface area contributed by atoms with E-state index < -0.39 is 0 Å².